The molecule has 27 heavy (non-hydrogen) atoms. The molecule has 0 radical (unpaired) electrons. The Morgan fingerprint density at radius 3 is 2.44 bits per heavy atom. The highest BCUT2D eigenvalue weighted by Gasteiger charge is 2.26. The topological polar surface area (TPSA) is 49.4 Å². The lowest BCUT2D eigenvalue weighted by Crippen LogP contribution is -2.48. The average molecular weight is 431 g/mol. The van der Waals surface area contributed by atoms with E-state index in [9.17, 15) is 9.59 Å². The molecule has 0 bridgehead atoms. The summed E-state index contributed by atoms with van der Waals surface area (Å²) in [7, 11) is 0. The van der Waals surface area contributed by atoms with Gasteiger partial charge in [0.2, 0.25) is 11.8 Å². The summed E-state index contributed by atoms with van der Waals surface area (Å²) in [5.41, 5.74) is 3.09. The van der Waals surface area contributed by atoms with Crippen molar-refractivity contribution >= 4 is 27.7 Å². The predicted molar refractivity (Wildman–Crippen MR) is 112 cm³/mol. The number of amides is 2. The van der Waals surface area contributed by atoms with Crippen LogP contribution in [0.2, 0.25) is 0 Å². The zero-order valence-electron chi connectivity index (χ0n) is 16.2. The number of carbonyl (C=O) groups excluding carboxylic acids is 2. The van der Waals surface area contributed by atoms with Gasteiger partial charge < -0.3 is 10.2 Å². The van der Waals surface area contributed by atoms with E-state index in [1.807, 2.05) is 62.4 Å². The third-order valence-corrected chi connectivity index (χ3v) is 4.93. The van der Waals surface area contributed by atoms with Crippen LogP contribution in [0.1, 0.15) is 37.0 Å². The molecule has 1 unspecified atom stereocenters. The second-order valence-electron chi connectivity index (χ2n) is 6.78. The van der Waals surface area contributed by atoms with Crippen molar-refractivity contribution in [2.45, 2.75) is 46.2 Å². The van der Waals surface area contributed by atoms with E-state index in [1.165, 1.54) is 0 Å². The number of carbonyl (C=O) groups is 2. The molecule has 0 aliphatic heterocycles. The zero-order valence-corrected chi connectivity index (χ0v) is 17.8. The van der Waals surface area contributed by atoms with E-state index < -0.39 is 6.04 Å². The lowest BCUT2D eigenvalue weighted by atomic mass is 10.1. The van der Waals surface area contributed by atoms with Crippen LogP contribution in [0.4, 0.5) is 0 Å². The van der Waals surface area contributed by atoms with Gasteiger partial charge in [-0.2, -0.15) is 0 Å². The monoisotopic (exact) mass is 430 g/mol. The van der Waals surface area contributed by atoms with Gasteiger partial charge in [0.15, 0.2) is 0 Å². The highest BCUT2D eigenvalue weighted by molar-refractivity contribution is 9.10. The fourth-order valence-electron chi connectivity index (χ4n) is 2.79. The Bertz CT molecular complexity index is 774. The Morgan fingerprint density at radius 2 is 1.81 bits per heavy atom. The summed E-state index contributed by atoms with van der Waals surface area (Å²) < 4.78 is 0.953. The van der Waals surface area contributed by atoms with Gasteiger partial charge in [-0.3, -0.25) is 9.59 Å². The SMILES string of the molecule is CCCNC(=O)C(C)N(Cc1cccc(Br)c1)C(=O)Cc1ccc(C)cc1. The van der Waals surface area contributed by atoms with Crippen molar-refractivity contribution in [2.75, 3.05) is 6.54 Å². The summed E-state index contributed by atoms with van der Waals surface area (Å²) in [6.45, 7) is 6.82. The molecular weight excluding hydrogens is 404 g/mol. The van der Waals surface area contributed by atoms with E-state index in [0.29, 0.717) is 13.1 Å². The molecule has 0 saturated carbocycles. The fraction of sp³-hybridized carbons (Fsp3) is 0.364. The minimum absolute atomic E-state index is 0.0574. The Morgan fingerprint density at radius 1 is 1.11 bits per heavy atom. The van der Waals surface area contributed by atoms with Crippen LogP contribution in [0.25, 0.3) is 0 Å². The molecule has 5 heteroatoms. The molecule has 0 saturated heterocycles. The third-order valence-electron chi connectivity index (χ3n) is 4.43. The molecule has 0 aliphatic rings. The van der Waals surface area contributed by atoms with Gasteiger partial charge in [-0.15, -0.1) is 0 Å². The molecule has 0 aromatic heterocycles. The van der Waals surface area contributed by atoms with Crippen molar-refractivity contribution in [1.82, 2.24) is 10.2 Å². The highest BCUT2D eigenvalue weighted by Crippen LogP contribution is 2.16. The Kier molecular flexibility index (Phi) is 8.04. The molecule has 2 rings (SSSR count). The Labute approximate surface area is 170 Å². The number of rotatable bonds is 8. The van der Waals surface area contributed by atoms with Gasteiger partial charge in [0, 0.05) is 17.6 Å². The van der Waals surface area contributed by atoms with E-state index in [1.54, 1.807) is 11.8 Å². The molecule has 2 aromatic rings. The summed E-state index contributed by atoms with van der Waals surface area (Å²) in [6, 6.07) is 15.2. The van der Waals surface area contributed by atoms with Gasteiger partial charge in [0.1, 0.15) is 6.04 Å². The van der Waals surface area contributed by atoms with Gasteiger partial charge in [0.25, 0.3) is 0 Å². The lowest BCUT2D eigenvalue weighted by molar-refractivity contribution is -0.140. The van der Waals surface area contributed by atoms with E-state index in [4.69, 9.17) is 0 Å². The molecule has 144 valence electrons. The summed E-state index contributed by atoms with van der Waals surface area (Å²) in [4.78, 5) is 27.2. The molecular formula is C22H27BrN2O2. The van der Waals surface area contributed by atoms with Crippen LogP contribution in [0, 0.1) is 6.92 Å². The molecule has 0 spiro atoms. The lowest BCUT2D eigenvalue weighted by Gasteiger charge is -2.29. The number of benzene rings is 2. The highest BCUT2D eigenvalue weighted by atomic mass is 79.9. The number of nitrogens with zero attached hydrogens (tertiary/aromatic N) is 1. The van der Waals surface area contributed by atoms with Crippen molar-refractivity contribution in [3.63, 3.8) is 0 Å². The van der Waals surface area contributed by atoms with Crippen molar-refractivity contribution in [1.29, 1.82) is 0 Å². The number of halogens is 1. The summed E-state index contributed by atoms with van der Waals surface area (Å²) in [6.07, 6.45) is 1.14. The predicted octanol–water partition coefficient (Wildman–Crippen LogP) is 4.24. The van der Waals surface area contributed by atoms with Crippen molar-refractivity contribution in [3.8, 4) is 0 Å². The summed E-state index contributed by atoms with van der Waals surface area (Å²) >= 11 is 3.47. The molecule has 2 amide bonds. The van der Waals surface area contributed by atoms with Crippen LogP contribution in [0.3, 0.4) is 0 Å². The van der Waals surface area contributed by atoms with Crippen LogP contribution < -0.4 is 5.32 Å². The van der Waals surface area contributed by atoms with Gasteiger partial charge in [-0.25, -0.2) is 0 Å². The number of hydrogen-bond donors (Lipinski definition) is 1. The number of nitrogens with one attached hydrogen (secondary N) is 1. The summed E-state index contributed by atoms with van der Waals surface area (Å²) in [5, 5.41) is 2.89. The fourth-order valence-corrected chi connectivity index (χ4v) is 3.24. The second-order valence-corrected chi connectivity index (χ2v) is 7.70. The van der Waals surface area contributed by atoms with Crippen LogP contribution >= 0.6 is 15.9 Å². The van der Waals surface area contributed by atoms with Crippen LogP contribution in [0.15, 0.2) is 53.0 Å². The zero-order chi connectivity index (χ0) is 19.8. The first-order valence-corrected chi connectivity index (χ1v) is 10.1. The van der Waals surface area contributed by atoms with Crippen LogP contribution in [-0.4, -0.2) is 29.3 Å². The molecule has 0 fully saturated rings. The van der Waals surface area contributed by atoms with E-state index in [0.717, 1.165) is 27.6 Å². The summed E-state index contributed by atoms with van der Waals surface area (Å²) in [5.74, 6) is -0.179. The Balaban J connectivity index is 2.20. The first kappa shape index (κ1) is 21.2. The smallest absolute Gasteiger partial charge is 0.242 e. The van der Waals surface area contributed by atoms with Crippen molar-refractivity contribution in [3.05, 3.63) is 69.7 Å². The van der Waals surface area contributed by atoms with Crippen molar-refractivity contribution < 1.29 is 9.59 Å². The largest absolute Gasteiger partial charge is 0.354 e. The molecule has 1 N–H and O–H groups in total. The number of aryl methyl sites for hydroxylation is 1. The van der Waals surface area contributed by atoms with Gasteiger partial charge in [-0.1, -0.05) is 64.8 Å². The van der Waals surface area contributed by atoms with Crippen LogP contribution in [-0.2, 0) is 22.6 Å². The average Bonchev–Trinajstić information content (AvgIpc) is 2.65. The third kappa shape index (κ3) is 6.51. The Hall–Kier alpha value is -2.14. The van der Waals surface area contributed by atoms with E-state index in [2.05, 4.69) is 21.2 Å². The number of hydrogen-bond acceptors (Lipinski definition) is 2. The van der Waals surface area contributed by atoms with Gasteiger partial charge in [-0.05, 0) is 43.5 Å². The minimum Gasteiger partial charge on any atom is -0.354 e. The first-order chi connectivity index (χ1) is 12.9. The normalized spacial score (nSPS) is 11.7. The van der Waals surface area contributed by atoms with Gasteiger partial charge in [0.05, 0.1) is 6.42 Å². The standard InChI is InChI=1S/C22H27BrN2O2/c1-4-12-24-22(27)17(3)25(15-19-6-5-7-20(23)13-19)21(26)14-18-10-8-16(2)9-11-18/h5-11,13,17H,4,12,14-15H2,1-3H3,(H,24,27). The first-order valence-electron chi connectivity index (χ1n) is 9.28. The molecule has 0 aliphatic carbocycles. The minimum atomic E-state index is -0.534. The maximum absolute atomic E-state index is 13.0. The maximum Gasteiger partial charge on any atom is 0.242 e. The molecule has 0 heterocycles. The van der Waals surface area contributed by atoms with E-state index >= 15 is 0 Å². The molecule has 4 nitrogen and oxygen atoms in total. The van der Waals surface area contributed by atoms with Gasteiger partial charge >= 0.3 is 0 Å². The molecule has 1 atom stereocenters. The second kappa shape index (κ2) is 10.3. The van der Waals surface area contributed by atoms with Crippen molar-refractivity contribution in [2.24, 2.45) is 0 Å². The maximum atomic E-state index is 13.0. The quantitative estimate of drug-likeness (QED) is 0.680. The molecule has 2 aromatic carbocycles. The van der Waals surface area contributed by atoms with E-state index in [-0.39, 0.29) is 18.2 Å². The van der Waals surface area contributed by atoms with Crippen LogP contribution in [0.5, 0.6) is 0 Å².